The van der Waals surface area contributed by atoms with Crippen LogP contribution in [0.15, 0.2) is 77.8 Å². The smallest absolute Gasteiger partial charge is 0.270 e. The summed E-state index contributed by atoms with van der Waals surface area (Å²) < 4.78 is 39.8. The summed E-state index contributed by atoms with van der Waals surface area (Å²) in [6, 6.07) is 16.4. The molecule has 4 N–H and O–H groups in total. The van der Waals surface area contributed by atoms with E-state index in [2.05, 4.69) is 20.9 Å². The normalized spacial score (nSPS) is 14.3. The fourth-order valence-electron chi connectivity index (χ4n) is 5.25. The molecule has 0 radical (unpaired) electrons. The van der Waals surface area contributed by atoms with E-state index in [1.807, 2.05) is 44.2 Å². The van der Waals surface area contributed by atoms with Crippen molar-refractivity contribution in [2.45, 2.75) is 64.1 Å². The van der Waals surface area contributed by atoms with E-state index in [0.29, 0.717) is 11.5 Å². The number of halogens is 1. The number of benzene rings is 2. The largest absolute Gasteiger partial charge is 0.454 e. The van der Waals surface area contributed by atoms with Gasteiger partial charge in [-0.3, -0.25) is 19.4 Å². The van der Waals surface area contributed by atoms with Crippen LogP contribution in [0, 0.1) is 11.3 Å². The number of rotatable bonds is 15. The third-order valence-corrected chi connectivity index (χ3v) is 9.60. The summed E-state index contributed by atoms with van der Waals surface area (Å²) in [6.07, 6.45) is 0.295. The minimum atomic E-state index is -4.11. The Morgan fingerprint density at radius 1 is 0.940 bits per heavy atom. The Balaban J connectivity index is 0.00000676. The Hall–Kier alpha value is -4.24. The van der Waals surface area contributed by atoms with Gasteiger partial charge in [-0.25, -0.2) is 8.42 Å². The molecule has 15 heteroatoms. The number of nitrogens with one attached hydrogen (secondary N) is 3. The van der Waals surface area contributed by atoms with Crippen LogP contribution in [-0.4, -0.2) is 85.1 Å². The van der Waals surface area contributed by atoms with E-state index in [0.717, 1.165) is 5.56 Å². The number of pyridine rings is 1. The zero-order valence-corrected chi connectivity index (χ0v) is 30.4. The van der Waals surface area contributed by atoms with E-state index in [9.17, 15) is 27.9 Å². The van der Waals surface area contributed by atoms with Crippen molar-refractivity contribution in [3.63, 3.8) is 0 Å². The zero-order valence-electron chi connectivity index (χ0n) is 28.8. The lowest BCUT2D eigenvalue weighted by Crippen LogP contribution is -2.59. The van der Waals surface area contributed by atoms with E-state index >= 15 is 0 Å². The first-order chi connectivity index (χ1) is 23.1. The molecule has 3 atom stereocenters. The number of amides is 3. The van der Waals surface area contributed by atoms with Crippen LogP contribution in [0.4, 0.5) is 0 Å². The minimum Gasteiger partial charge on any atom is -0.454 e. The molecule has 0 spiro atoms. The van der Waals surface area contributed by atoms with Crippen molar-refractivity contribution in [1.82, 2.24) is 25.2 Å². The van der Waals surface area contributed by atoms with Crippen molar-refractivity contribution in [2.75, 3.05) is 26.4 Å². The maximum absolute atomic E-state index is 13.9. The number of hydrogen-bond donors (Lipinski definition) is 4. The molecule has 2 heterocycles. The Morgan fingerprint density at radius 3 is 2.26 bits per heavy atom. The standard InChI is InChI=1S/C35H45N5O8S.ClH/c1-23(2)20-40(49(45,46)25-14-15-29-30(18-25)48-22-47-29)21-28(41)27(17-24-11-7-6-8-12-24)38-34(44)32(35(3,4)5)39-31(42)19-37-33(43)26-13-9-10-16-36-26;/h6-16,18,23,27-28,32,41H,17,19-22H2,1-5H3,(H,37,43)(H,38,44)(H,39,42);1H/t27-,28+,32+;/m0./s1. The summed E-state index contributed by atoms with van der Waals surface area (Å²) in [5, 5.41) is 19.8. The van der Waals surface area contributed by atoms with E-state index in [1.165, 1.54) is 34.8 Å². The van der Waals surface area contributed by atoms with Crippen LogP contribution in [0.3, 0.4) is 0 Å². The lowest BCUT2D eigenvalue weighted by atomic mass is 9.85. The molecule has 0 saturated carbocycles. The van der Waals surface area contributed by atoms with Gasteiger partial charge in [-0.15, -0.1) is 12.4 Å². The average molecular weight is 732 g/mol. The molecule has 0 unspecified atom stereocenters. The predicted molar refractivity (Wildman–Crippen MR) is 189 cm³/mol. The van der Waals surface area contributed by atoms with Crippen LogP contribution < -0.4 is 25.4 Å². The highest BCUT2D eigenvalue weighted by molar-refractivity contribution is 7.89. The summed E-state index contributed by atoms with van der Waals surface area (Å²) in [4.78, 5) is 43.2. The first kappa shape index (κ1) is 40.2. The molecule has 2 aromatic carbocycles. The molecule has 1 aliphatic rings. The molecular formula is C35H46ClN5O8S. The van der Waals surface area contributed by atoms with Crippen molar-refractivity contribution in [2.24, 2.45) is 11.3 Å². The van der Waals surface area contributed by atoms with Crippen molar-refractivity contribution >= 4 is 40.2 Å². The van der Waals surface area contributed by atoms with Gasteiger partial charge in [-0.2, -0.15) is 4.31 Å². The first-order valence-electron chi connectivity index (χ1n) is 16.1. The molecule has 1 aliphatic heterocycles. The van der Waals surface area contributed by atoms with E-state index in [1.54, 1.807) is 32.9 Å². The number of ether oxygens (including phenoxy) is 2. The summed E-state index contributed by atoms with van der Waals surface area (Å²) in [5.41, 5.74) is 0.166. The second kappa shape index (κ2) is 17.6. The molecule has 0 saturated heterocycles. The van der Waals surface area contributed by atoms with Crippen LogP contribution >= 0.6 is 12.4 Å². The topological polar surface area (TPSA) is 176 Å². The van der Waals surface area contributed by atoms with Gasteiger partial charge in [0.25, 0.3) is 5.91 Å². The van der Waals surface area contributed by atoms with Gasteiger partial charge in [0.2, 0.25) is 28.6 Å². The number of aromatic nitrogens is 1. The lowest BCUT2D eigenvalue weighted by molar-refractivity contribution is -0.132. The third kappa shape index (κ3) is 10.9. The number of carbonyl (C=O) groups is 3. The average Bonchev–Trinajstić information content (AvgIpc) is 3.54. The Labute approximate surface area is 299 Å². The highest BCUT2D eigenvalue weighted by atomic mass is 35.5. The van der Waals surface area contributed by atoms with E-state index in [4.69, 9.17) is 9.47 Å². The van der Waals surface area contributed by atoms with Crippen LogP contribution in [0.2, 0.25) is 0 Å². The Morgan fingerprint density at radius 2 is 1.62 bits per heavy atom. The van der Waals surface area contributed by atoms with Crippen LogP contribution in [0.1, 0.15) is 50.7 Å². The fraction of sp³-hybridized carbons (Fsp3) is 0.429. The summed E-state index contributed by atoms with van der Waals surface area (Å²) in [7, 11) is -4.11. The number of hydrogen-bond acceptors (Lipinski definition) is 9. The maximum Gasteiger partial charge on any atom is 0.270 e. The molecule has 0 bridgehead atoms. The highest BCUT2D eigenvalue weighted by Crippen LogP contribution is 2.35. The van der Waals surface area contributed by atoms with Gasteiger partial charge in [0.05, 0.1) is 23.6 Å². The third-order valence-electron chi connectivity index (χ3n) is 7.77. The second-order valence-electron chi connectivity index (χ2n) is 13.4. The first-order valence-corrected chi connectivity index (χ1v) is 17.5. The number of aliphatic hydroxyl groups excluding tert-OH is 1. The van der Waals surface area contributed by atoms with Crippen LogP contribution in [0.5, 0.6) is 11.5 Å². The molecule has 0 fully saturated rings. The number of fused-ring (bicyclic) bond motifs is 1. The molecular weight excluding hydrogens is 686 g/mol. The van der Waals surface area contributed by atoms with Crippen molar-refractivity contribution < 1.29 is 37.4 Å². The highest BCUT2D eigenvalue weighted by Gasteiger charge is 2.37. The van der Waals surface area contributed by atoms with Crippen molar-refractivity contribution in [1.29, 1.82) is 0 Å². The Kier molecular flexibility index (Phi) is 14.2. The minimum absolute atomic E-state index is 0. The molecule has 4 rings (SSSR count). The van der Waals surface area contributed by atoms with Crippen LogP contribution in [0.25, 0.3) is 0 Å². The van der Waals surface area contributed by atoms with Gasteiger partial charge in [-0.05, 0) is 47.6 Å². The molecule has 13 nitrogen and oxygen atoms in total. The SMILES string of the molecule is CC(C)CN(C[C@@H](O)[C@H](Cc1ccccc1)NC(=O)[C@@H](NC(=O)CNC(=O)c1ccccn1)C(C)(C)C)S(=O)(=O)c1ccc2c(c1)OCO2.Cl. The fourth-order valence-corrected chi connectivity index (χ4v) is 6.89. The quantitative estimate of drug-likeness (QED) is 0.183. The summed E-state index contributed by atoms with van der Waals surface area (Å²) >= 11 is 0. The van der Waals surface area contributed by atoms with Crippen molar-refractivity contribution in [3.05, 3.63) is 84.2 Å². The predicted octanol–water partition coefficient (Wildman–Crippen LogP) is 2.93. The second-order valence-corrected chi connectivity index (χ2v) is 15.3. The maximum atomic E-state index is 13.9. The van der Waals surface area contributed by atoms with Gasteiger partial charge in [0.1, 0.15) is 11.7 Å². The van der Waals surface area contributed by atoms with Crippen LogP contribution in [-0.2, 0) is 26.0 Å². The zero-order chi connectivity index (χ0) is 35.8. The Bertz CT molecular complexity index is 1700. The van der Waals surface area contributed by atoms with E-state index in [-0.39, 0.29) is 55.2 Å². The number of sulfonamides is 1. The number of nitrogens with zero attached hydrogens (tertiary/aromatic N) is 2. The molecule has 50 heavy (non-hydrogen) atoms. The summed E-state index contributed by atoms with van der Waals surface area (Å²) in [5.74, 6) is -1.05. The van der Waals surface area contributed by atoms with E-state index < -0.39 is 57.9 Å². The lowest BCUT2D eigenvalue weighted by Gasteiger charge is -2.34. The molecule has 3 amide bonds. The molecule has 1 aromatic heterocycles. The number of carbonyl (C=O) groups excluding carboxylic acids is 3. The number of aliphatic hydroxyl groups is 1. The molecule has 272 valence electrons. The monoisotopic (exact) mass is 731 g/mol. The molecule has 0 aliphatic carbocycles. The van der Waals surface area contributed by atoms with Crippen molar-refractivity contribution in [3.8, 4) is 11.5 Å². The molecule has 3 aromatic rings. The van der Waals surface area contributed by atoms with Gasteiger partial charge < -0.3 is 30.5 Å². The van der Waals surface area contributed by atoms with Gasteiger partial charge in [0, 0.05) is 25.4 Å². The van der Waals surface area contributed by atoms with Gasteiger partial charge >= 0.3 is 0 Å². The van der Waals surface area contributed by atoms with Gasteiger partial charge in [0.15, 0.2) is 11.5 Å². The summed E-state index contributed by atoms with van der Waals surface area (Å²) in [6.45, 7) is 8.43. The van der Waals surface area contributed by atoms with Gasteiger partial charge in [-0.1, -0.05) is 71.0 Å².